The maximum Gasteiger partial charge on any atom is 0.137 e. The second-order valence-electron chi connectivity index (χ2n) is 16.2. The van der Waals surface area contributed by atoms with Gasteiger partial charge < -0.3 is 13.7 Å². The summed E-state index contributed by atoms with van der Waals surface area (Å²) in [6, 6.07) is 65.4. The van der Waals surface area contributed by atoms with Crippen LogP contribution in [0.1, 0.15) is 26.3 Å². The molecule has 0 saturated heterocycles. The van der Waals surface area contributed by atoms with E-state index in [1.807, 2.05) is 0 Å². The number of hydrogen-bond acceptors (Lipinski definition) is 3. The van der Waals surface area contributed by atoms with Gasteiger partial charge in [-0.15, -0.1) is 0 Å². The Morgan fingerprint density at radius 2 is 0.825 bits per heavy atom. The van der Waals surface area contributed by atoms with Crippen LogP contribution in [0.3, 0.4) is 0 Å². The van der Waals surface area contributed by atoms with Crippen molar-refractivity contribution in [3.63, 3.8) is 0 Å². The van der Waals surface area contributed by atoms with Gasteiger partial charge >= 0.3 is 0 Å². The number of hydrogen-bond donors (Lipinski definition) is 0. The molecular weight excluding hydrogens is 695 g/mol. The van der Waals surface area contributed by atoms with Crippen LogP contribution in [0.2, 0.25) is 0 Å². The molecule has 0 fully saturated rings. The highest BCUT2D eigenvalue weighted by Crippen LogP contribution is 2.42. The molecule has 272 valence electrons. The van der Waals surface area contributed by atoms with E-state index in [2.05, 4.69) is 208 Å². The van der Waals surface area contributed by atoms with E-state index in [1.54, 1.807) is 0 Å². The summed E-state index contributed by atoms with van der Waals surface area (Å²) in [6.07, 6.45) is 0. The van der Waals surface area contributed by atoms with Crippen molar-refractivity contribution in [1.82, 2.24) is 0 Å². The topological polar surface area (TPSA) is 29.5 Å². The fourth-order valence-electron chi connectivity index (χ4n) is 8.46. The van der Waals surface area contributed by atoms with Crippen molar-refractivity contribution in [3.05, 3.63) is 188 Å². The van der Waals surface area contributed by atoms with Gasteiger partial charge in [0.1, 0.15) is 22.3 Å². The predicted octanol–water partition coefficient (Wildman–Crippen LogP) is 15.9. The van der Waals surface area contributed by atoms with Crippen LogP contribution in [-0.2, 0) is 5.41 Å². The predicted molar refractivity (Wildman–Crippen MR) is 240 cm³/mol. The van der Waals surface area contributed by atoms with Gasteiger partial charge in [-0.2, -0.15) is 0 Å². The van der Waals surface area contributed by atoms with Crippen LogP contribution in [0.25, 0.3) is 87.7 Å². The lowest BCUT2D eigenvalue weighted by molar-refractivity contribution is 0.590. The number of benzene rings is 9. The lowest BCUT2D eigenvalue weighted by atomic mass is 9.87. The molecule has 11 aromatic rings. The Morgan fingerprint density at radius 3 is 1.49 bits per heavy atom. The third-order valence-corrected chi connectivity index (χ3v) is 11.6. The van der Waals surface area contributed by atoms with E-state index in [0.717, 1.165) is 77.3 Å². The first kappa shape index (κ1) is 33.3. The molecule has 57 heavy (non-hydrogen) atoms. The number of nitrogens with zero attached hydrogens (tertiary/aromatic N) is 1. The Kier molecular flexibility index (Phi) is 7.42. The van der Waals surface area contributed by atoms with E-state index in [4.69, 9.17) is 8.83 Å². The first-order chi connectivity index (χ1) is 27.8. The first-order valence-electron chi connectivity index (χ1n) is 19.6. The Labute approximate surface area is 331 Å². The summed E-state index contributed by atoms with van der Waals surface area (Å²) in [5.74, 6) is 0. The van der Waals surface area contributed by atoms with Crippen LogP contribution in [0.15, 0.2) is 191 Å². The molecule has 11 rings (SSSR count). The minimum Gasteiger partial charge on any atom is -0.456 e. The Morgan fingerprint density at radius 1 is 0.333 bits per heavy atom. The number of furan rings is 2. The molecule has 0 aliphatic heterocycles. The minimum atomic E-state index is 0.0645. The number of anilines is 3. The highest BCUT2D eigenvalue weighted by Gasteiger charge is 2.19. The molecule has 0 aliphatic carbocycles. The molecular formula is C54H39NO2. The molecule has 0 amide bonds. The van der Waals surface area contributed by atoms with Crippen LogP contribution in [0, 0.1) is 0 Å². The third-order valence-electron chi connectivity index (χ3n) is 11.6. The maximum atomic E-state index is 6.69. The van der Waals surface area contributed by atoms with Crippen molar-refractivity contribution in [1.29, 1.82) is 0 Å². The van der Waals surface area contributed by atoms with Gasteiger partial charge in [-0.25, -0.2) is 0 Å². The fraction of sp³-hybridized carbons (Fsp3) is 0.0741. The summed E-state index contributed by atoms with van der Waals surface area (Å²) in [5.41, 5.74) is 12.8. The molecule has 0 atom stereocenters. The van der Waals surface area contributed by atoms with Crippen LogP contribution in [0.4, 0.5) is 17.1 Å². The lowest BCUT2D eigenvalue weighted by Gasteiger charge is -2.27. The van der Waals surface area contributed by atoms with E-state index in [0.29, 0.717) is 0 Å². The minimum absolute atomic E-state index is 0.0645. The maximum absolute atomic E-state index is 6.69. The summed E-state index contributed by atoms with van der Waals surface area (Å²) in [7, 11) is 0. The standard InChI is InChI=1S/C54H39NO2/c1-54(2,3)42-18-22-44(23-19-42)55(43-20-15-36(16-21-43)34-9-5-4-6-10-34)45-24-26-47-49-29-41-31-51-48(28-40(41)32-52(49)57-53(47)33-45)46-25-17-39(30-50(46)56-51)38-14-13-35-11-7-8-12-37(35)27-38/h4-33H,1-3H3. The van der Waals surface area contributed by atoms with Crippen molar-refractivity contribution < 1.29 is 8.83 Å². The van der Waals surface area contributed by atoms with E-state index in [-0.39, 0.29) is 5.41 Å². The summed E-state index contributed by atoms with van der Waals surface area (Å²) in [6.45, 7) is 6.76. The number of rotatable bonds is 5. The van der Waals surface area contributed by atoms with Gasteiger partial charge in [0.15, 0.2) is 0 Å². The molecule has 0 bridgehead atoms. The second-order valence-corrected chi connectivity index (χ2v) is 16.2. The van der Waals surface area contributed by atoms with E-state index in [9.17, 15) is 0 Å². The molecule has 0 N–H and O–H groups in total. The molecule has 0 radical (unpaired) electrons. The molecule has 0 unspecified atom stereocenters. The van der Waals surface area contributed by atoms with Gasteiger partial charge in [0.2, 0.25) is 0 Å². The van der Waals surface area contributed by atoms with Crippen molar-refractivity contribution in [3.8, 4) is 22.3 Å². The average Bonchev–Trinajstić information content (AvgIpc) is 3.78. The largest absolute Gasteiger partial charge is 0.456 e. The summed E-state index contributed by atoms with van der Waals surface area (Å²) < 4.78 is 13.2. The third kappa shape index (κ3) is 5.74. The molecule has 3 heteroatoms. The quantitative estimate of drug-likeness (QED) is 0.176. The molecule has 0 aliphatic rings. The lowest BCUT2D eigenvalue weighted by Crippen LogP contribution is -2.13. The van der Waals surface area contributed by atoms with Crippen molar-refractivity contribution >= 4 is 82.5 Å². The average molecular weight is 734 g/mol. The fourth-order valence-corrected chi connectivity index (χ4v) is 8.46. The van der Waals surface area contributed by atoms with E-state index in [1.165, 1.54) is 33.0 Å². The molecule has 0 spiro atoms. The van der Waals surface area contributed by atoms with Crippen LogP contribution in [0.5, 0.6) is 0 Å². The van der Waals surface area contributed by atoms with Crippen LogP contribution >= 0.6 is 0 Å². The molecule has 9 aromatic carbocycles. The highest BCUT2D eigenvalue weighted by atomic mass is 16.3. The van der Waals surface area contributed by atoms with Gasteiger partial charge in [0.25, 0.3) is 0 Å². The Balaban J connectivity index is 0.988. The van der Waals surface area contributed by atoms with E-state index < -0.39 is 0 Å². The smallest absolute Gasteiger partial charge is 0.137 e. The van der Waals surface area contributed by atoms with Gasteiger partial charge in [0, 0.05) is 44.7 Å². The summed E-state index contributed by atoms with van der Waals surface area (Å²) >= 11 is 0. The second kappa shape index (κ2) is 12.7. The SMILES string of the molecule is CC(C)(C)c1ccc(N(c2ccc(-c3ccccc3)cc2)c2ccc3c(c2)oc2cc4cc5c(cc4cc23)oc2cc(-c3ccc4ccccc4c3)ccc25)cc1. The van der Waals surface area contributed by atoms with Gasteiger partial charge in [-0.1, -0.05) is 118 Å². The first-order valence-corrected chi connectivity index (χ1v) is 19.6. The van der Waals surface area contributed by atoms with Gasteiger partial charge in [-0.05, 0) is 134 Å². The zero-order chi connectivity index (χ0) is 38.3. The van der Waals surface area contributed by atoms with Crippen molar-refractivity contribution in [2.24, 2.45) is 0 Å². The Hall–Kier alpha value is -7.10. The molecule has 0 saturated carbocycles. The van der Waals surface area contributed by atoms with Gasteiger partial charge in [-0.3, -0.25) is 0 Å². The van der Waals surface area contributed by atoms with Crippen LogP contribution < -0.4 is 4.90 Å². The molecule has 2 aromatic heterocycles. The zero-order valence-corrected chi connectivity index (χ0v) is 32.1. The summed E-state index contributed by atoms with van der Waals surface area (Å²) in [4.78, 5) is 2.31. The summed E-state index contributed by atoms with van der Waals surface area (Å²) in [5, 5.41) is 9.10. The Bertz CT molecular complexity index is 3310. The van der Waals surface area contributed by atoms with Gasteiger partial charge in [0.05, 0.1) is 0 Å². The van der Waals surface area contributed by atoms with E-state index >= 15 is 0 Å². The molecule has 3 nitrogen and oxygen atoms in total. The zero-order valence-electron chi connectivity index (χ0n) is 32.1. The van der Waals surface area contributed by atoms with Crippen molar-refractivity contribution in [2.45, 2.75) is 26.2 Å². The number of fused-ring (bicyclic) bond motifs is 8. The molecule has 2 heterocycles. The highest BCUT2D eigenvalue weighted by molar-refractivity contribution is 6.15. The van der Waals surface area contributed by atoms with Crippen LogP contribution in [-0.4, -0.2) is 0 Å². The van der Waals surface area contributed by atoms with Crippen molar-refractivity contribution in [2.75, 3.05) is 4.90 Å². The normalized spacial score (nSPS) is 12.1. The monoisotopic (exact) mass is 733 g/mol.